The molecule has 6 heteroatoms. The number of amides is 1. The summed E-state index contributed by atoms with van der Waals surface area (Å²) in [7, 11) is 3.20. The Balaban J connectivity index is 1.61. The van der Waals surface area contributed by atoms with Gasteiger partial charge in [0.25, 0.3) is 5.91 Å². The third kappa shape index (κ3) is 5.23. The van der Waals surface area contributed by atoms with Crippen molar-refractivity contribution in [3.8, 4) is 22.8 Å². The fourth-order valence-corrected chi connectivity index (χ4v) is 3.59. The predicted octanol–water partition coefficient (Wildman–Crippen LogP) is 5.51. The Morgan fingerprint density at radius 3 is 2.36 bits per heavy atom. The number of hydrogen-bond donors (Lipinski definition) is 0. The number of carbonyl (C=O) groups is 1. The molecule has 4 aromatic rings. The molecule has 0 aliphatic carbocycles. The molecule has 33 heavy (non-hydrogen) atoms. The van der Waals surface area contributed by atoms with Crippen LogP contribution in [0, 0.1) is 6.92 Å². The van der Waals surface area contributed by atoms with Crippen LogP contribution >= 0.6 is 0 Å². The van der Waals surface area contributed by atoms with Crippen molar-refractivity contribution >= 4 is 5.91 Å². The molecule has 0 atom stereocenters. The summed E-state index contributed by atoms with van der Waals surface area (Å²) in [4.78, 5) is 15.1. The molecular formula is C27H26N2O4. The van der Waals surface area contributed by atoms with Crippen LogP contribution in [0.25, 0.3) is 11.3 Å². The predicted molar refractivity (Wildman–Crippen MR) is 126 cm³/mol. The third-order valence-corrected chi connectivity index (χ3v) is 5.39. The topological polar surface area (TPSA) is 64.8 Å². The van der Waals surface area contributed by atoms with E-state index >= 15 is 0 Å². The number of aromatic nitrogens is 1. The highest BCUT2D eigenvalue weighted by Crippen LogP contribution is 2.33. The van der Waals surface area contributed by atoms with Gasteiger partial charge in [0.15, 0.2) is 5.76 Å². The minimum atomic E-state index is -0.0644. The van der Waals surface area contributed by atoms with Crippen LogP contribution in [-0.2, 0) is 13.1 Å². The van der Waals surface area contributed by atoms with Crippen molar-refractivity contribution < 1.29 is 18.8 Å². The summed E-state index contributed by atoms with van der Waals surface area (Å²) < 4.78 is 16.4. The minimum Gasteiger partial charge on any atom is -0.497 e. The molecule has 4 rings (SSSR count). The zero-order chi connectivity index (χ0) is 23.2. The maximum atomic E-state index is 13.3. The molecule has 0 N–H and O–H groups in total. The molecule has 0 bridgehead atoms. The van der Waals surface area contributed by atoms with Gasteiger partial charge in [-0.3, -0.25) is 4.79 Å². The first-order valence-corrected chi connectivity index (χ1v) is 10.6. The van der Waals surface area contributed by atoms with Crippen molar-refractivity contribution in [2.75, 3.05) is 14.2 Å². The quantitative estimate of drug-likeness (QED) is 0.360. The fraction of sp³-hybridized carbons (Fsp3) is 0.185. The van der Waals surface area contributed by atoms with Crippen molar-refractivity contribution in [2.45, 2.75) is 20.0 Å². The molecule has 3 aromatic carbocycles. The van der Waals surface area contributed by atoms with Gasteiger partial charge in [-0.2, -0.15) is 0 Å². The number of hydrogen-bond acceptors (Lipinski definition) is 5. The lowest BCUT2D eigenvalue weighted by atomic mass is 10.1. The zero-order valence-corrected chi connectivity index (χ0v) is 18.9. The van der Waals surface area contributed by atoms with E-state index in [4.69, 9.17) is 14.0 Å². The maximum Gasteiger partial charge on any atom is 0.254 e. The molecule has 1 aromatic heterocycles. The average Bonchev–Trinajstić information content (AvgIpc) is 3.32. The van der Waals surface area contributed by atoms with Gasteiger partial charge in [0.05, 0.1) is 26.3 Å². The van der Waals surface area contributed by atoms with E-state index in [1.165, 1.54) is 0 Å². The highest BCUT2D eigenvalue weighted by atomic mass is 16.5. The zero-order valence-electron chi connectivity index (χ0n) is 18.9. The molecule has 0 fully saturated rings. The lowest BCUT2D eigenvalue weighted by Gasteiger charge is -2.22. The number of benzene rings is 3. The summed E-state index contributed by atoms with van der Waals surface area (Å²) in [5.41, 5.74) is 4.20. The van der Waals surface area contributed by atoms with Gasteiger partial charge in [-0.05, 0) is 36.8 Å². The Morgan fingerprint density at radius 1 is 0.909 bits per heavy atom. The van der Waals surface area contributed by atoms with Crippen LogP contribution in [0.15, 0.2) is 83.4 Å². The molecule has 0 unspecified atom stereocenters. The van der Waals surface area contributed by atoms with Gasteiger partial charge in [-0.15, -0.1) is 0 Å². The van der Waals surface area contributed by atoms with E-state index in [2.05, 4.69) is 5.16 Å². The van der Waals surface area contributed by atoms with Crippen LogP contribution in [0.2, 0.25) is 0 Å². The Kier molecular flexibility index (Phi) is 6.74. The highest BCUT2D eigenvalue weighted by molar-refractivity contribution is 5.94. The van der Waals surface area contributed by atoms with Gasteiger partial charge < -0.3 is 18.9 Å². The van der Waals surface area contributed by atoms with Crippen molar-refractivity contribution in [2.24, 2.45) is 0 Å². The smallest absolute Gasteiger partial charge is 0.254 e. The standard InChI is InChI=1S/C27H26N2O4/c1-19-9-11-21(12-10-19)27(30)29(17-20-7-5-4-6-8-20)18-22-15-26(33-28-22)24-14-13-23(31-2)16-25(24)32-3/h4-16H,17-18H2,1-3H3. The van der Waals surface area contributed by atoms with E-state index in [0.29, 0.717) is 41.6 Å². The number of rotatable bonds is 8. The first-order valence-electron chi connectivity index (χ1n) is 10.6. The van der Waals surface area contributed by atoms with Crippen molar-refractivity contribution in [3.63, 3.8) is 0 Å². The van der Waals surface area contributed by atoms with Crippen LogP contribution in [0.4, 0.5) is 0 Å². The third-order valence-electron chi connectivity index (χ3n) is 5.39. The summed E-state index contributed by atoms with van der Waals surface area (Å²) in [5.74, 6) is 1.80. The second-order valence-corrected chi connectivity index (χ2v) is 7.76. The van der Waals surface area contributed by atoms with E-state index in [1.807, 2.05) is 79.7 Å². The largest absolute Gasteiger partial charge is 0.497 e. The second kappa shape index (κ2) is 10.0. The molecule has 0 spiro atoms. The molecule has 0 aliphatic heterocycles. The van der Waals surface area contributed by atoms with Crippen LogP contribution in [-0.4, -0.2) is 30.2 Å². The van der Waals surface area contributed by atoms with Crippen LogP contribution < -0.4 is 9.47 Å². The number of carbonyl (C=O) groups excluding carboxylic acids is 1. The van der Waals surface area contributed by atoms with Crippen molar-refractivity contribution in [1.82, 2.24) is 10.1 Å². The summed E-state index contributed by atoms with van der Waals surface area (Å²) >= 11 is 0. The lowest BCUT2D eigenvalue weighted by molar-refractivity contribution is 0.0726. The van der Waals surface area contributed by atoms with Crippen molar-refractivity contribution in [1.29, 1.82) is 0 Å². The van der Waals surface area contributed by atoms with E-state index in [-0.39, 0.29) is 5.91 Å². The van der Waals surface area contributed by atoms with Crippen molar-refractivity contribution in [3.05, 3.63) is 101 Å². The highest BCUT2D eigenvalue weighted by Gasteiger charge is 2.20. The summed E-state index contributed by atoms with van der Waals surface area (Å²) in [6, 6.07) is 24.8. The number of ether oxygens (including phenoxy) is 2. The maximum absolute atomic E-state index is 13.3. The van der Waals surface area contributed by atoms with Gasteiger partial charge in [0.2, 0.25) is 0 Å². The van der Waals surface area contributed by atoms with Gasteiger partial charge in [-0.25, -0.2) is 0 Å². The first-order chi connectivity index (χ1) is 16.1. The van der Waals surface area contributed by atoms with Gasteiger partial charge >= 0.3 is 0 Å². The van der Waals surface area contributed by atoms with E-state index in [1.54, 1.807) is 25.2 Å². The molecule has 6 nitrogen and oxygen atoms in total. The Labute approximate surface area is 193 Å². The van der Waals surface area contributed by atoms with E-state index in [0.717, 1.165) is 16.7 Å². The van der Waals surface area contributed by atoms with Crippen LogP contribution in [0.5, 0.6) is 11.5 Å². The Morgan fingerprint density at radius 2 is 1.67 bits per heavy atom. The van der Waals surface area contributed by atoms with Crippen LogP contribution in [0.3, 0.4) is 0 Å². The normalized spacial score (nSPS) is 10.6. The van der Waals surface area contributed by atoms with E-state index < -0.39 is 0 Å². The molecule has 0 saturated carbocycles. The average molecular weight is 443 g/mol. The molecule has 0 radical (unpaired) electrons. The molecule has 0 aliphatic rings. The van der Waals surface area contributed by atoms with Crippen LogP contribution in [0.1, 0.15) is 27.2 Å². The lowest BCUT2D eigenvalue weighted by Crippen LogP contribution is -2.30. The number of nitrogens with zero attached hydrogens (tertiary/aromatic N) is 2. The Bertz CT molecular complexity index is 1220. The molecule has 0 saturated heterocycles. The van der Waals surface area contributed by atoms with E-state index in [9.17, 15) is 4.79 Å². The monoisotopic (exact) mass is 442 g/mol. The molecule has 1 heterocycles. The number of aryl methyl sites for hydroxylation is 1. The SMILES string of the molecule is COc1ccc(-c2cc(CN(Cc3ccccc3)C(=O)c3ccc(C)cc3)no2)c(OC)c1. The van der Waals surface area contributed by atoms with Gasteiger partial charge in [0.1, 0.15) is 17.2 Å². The molecular weight excluding hydrogens is 416 g/mol. The summed E-state index contributed by atoms with van der Waals surface area (Å²) in [5, 5.41) is 4.23. The molecule has 1 amide bonds. The fourth-order valence-electron chi connectivity index (χ4n) is 3.59. The van der Waals surface area contributed by atoms with Gasteiger partial charge in [-0.1, -0.05) is 53.2 Å². The minimum absolute atomic E-state index is 0.0644. The summed E-state index contributed by atoms with van der Waals surface area (Å²) in [6.45, 7) is 2.77. The Hall–Kier alpha value is -4.06. The number of methoxy groups -OCH3 is 2. The first kappa shape index (κ1) is 22.1. The second-order valence-electron chi connectivity index (χ2n) is 7.76. The summed E-state index contributed by atoms with van der Waals surface area (Å²) in [6.07, 6.45) is 0. The molecule has 168 valence electrons. The van der Waals surface area contributed by atoms with Gasteiger partial charge in [0, 0.05) is 24.2 Å².